The lowest BCUT2D eigenvalue weighted by Gasteiger charge is -2.07. The quantitative estimate of drug-likeness (QED) is 0.365. The van der Waals surface area contributed by atoms with E-state index in [-0.39, 0.29) is 11.9 Å². The molecule has 0 fully saturated rings. The van der Waals surface area contributed by atoms with Gasteiger partial charge in [0.2, 0.25) is 0 Å². The van der Waals surface area contributed by atoms with Crippen LogP contribution in [0.15, 0.2) is 35.7 Å². The lowest BCUT2D eigenvalue weighted by Crippen LogP contribution is -2.13. The van der Waals surface area contributed by atoms with Gasteiger partial charge in [0.25, 0.3) is 5.91 Å². The number of esters is 1. The molecule has 0 saturated heterocycles. The maximum absolute atomic E-state index is 12.9. The van der Waals surface area contributed by atoms with Gasteiger partial charge in [0.05, 0.1) is 17.6 Å². The Labute approximate surface area is 190 Å². The molecule has 0 radical (unpaired) electrons. The number of nitrogens with one attached hydrogen (secondary N) is 1. The van der Waals surface area contributed by atoms with Crippen molar-refractivity contribution in [2.24, 2.45) is 0 Å². The Morgan fingerprint density at radius 3 is 2.77 bits per heavy atom. The minimum absolute atomic E-state index is 0.214. The molecule has 1 aliphatic carbocycles. The number of hydrogen-bond acceptors (Lipinski definition) is 6. The summed E-state index contributed by atoms with van der Waals surface area (Å²) in [5.41, 5.74) is 3.64. The van der Waals surface area contributed by atoms with Crippen LogP contribution in [0.25, 0.3) is 0 Å². The third-order valence-corrected chi connectivity index (χ3v) is 7.50. The molecule has 2 aromatic heterocycles. The van der Waals surface area contributed by atoms with Crippen molar-refractivity contribution in [1.29, 1.82) is 0 Å². The molecule has 0 atom stereocenters. The van der Waals surface area contributed by atoms with Gasteiger partial charge in [-0.05, 0) is 67.3 Å². The first kappa shape index (κ1) is 21.6. The van der Waals surface area contributed by atoms with Crippen molar-refractivity contribution in [2.75, 3.05) is 12.4 Å². The highest BCUT2D eigenvalue weighted by atomic mass is 32.1. The monoisotopic (exact) mass is 455 g/mol. The standard InChI is InChI=1S/C24H25NO4S2/c1-15-7-6-8-17(11-15)29-13-16-12-20(30-14-16)22(26)25-23-21(24(27)28-2)18-9-4-3-5-10-19(18)31-23/h6-8,11-12,14H,3-5,9-10,13H2,1-2H3,(H,25,26). The summed E-state index contributed by atoms with van der Waals surface area (Å²) in [5.74, 6) is 0.210. The molecule has 1 aliphatic rings. The third-order valence-electron chi connectivity index (χ3n) is 5.31. The number of benzene rings is 1. The summed E-state index contributed by atoms with van der Waals surface area (Å²) < 4.78 is 10.9. The van der Waals surface area contributed by atoms with Crippen molar-refractivity contribution in [3.63, 3.8) is 0 Å². The topological polar surface area (TPSA) is 64.6 Å². The molecule has 162 valence electrons. The van der Waals surface area contributed by atoms with Crippen LogP contribution in [0.3, 0.4) is 0 Å². The Bertz CT molecular complexity index is 1100. The van der Waals surface area contributed by atoms with Crippen LogP contribution in [0.4, 0.5) is 5.00 Å². The Morgan fingerprint density at radius 1 is 1.13 bits per heavy atom. The predicted molar refractivity (Wildman–Crippen MR) is 125 cm³/mol. The second kappa shape index (κ2) is 9.66. The summed E-state index contributed by atoms with van der Waals surface area (Å²) in [6.45, 7) is 2.42. The highest BCUT2D eigenvalue weighted by Crippen LogP contribution is 2.38. The van der Waals surface area contributed by atoms with Crippen LogP contribution in [0, 0.1) is 6.92 Å². The van der Waals surface area contributed by atoms with E-state index >= 15 is 0 Å². The van der Waals surface area contributed by atoms with E-state index in [9.17, 15) is 9.59 Å². The fourth-order valence-corrected chi connectivity index (χ4v) is 5.82. The van der Waals surface area contributed by atoms with E-state index in [4.69, 9.17) is 9.47 Å². The molecular formula is C24H25NO4S2. The number of carbonyl (C=O) groups excluding carboxylic acids is 2. The van der Waals surface area contributed by atoms with E-state index in [0.717, 1.165) is 54.5 Å². The van der Waals surface area contributed by atoms with Crippen molar-refractivity contribution in [3.8, 4) is 5.75 Å². The van der Waals surface area contributed by atoms with Gasteiger partial charge in [-0.15, -0.1) is 22.7 Å². The van der Waals surface area contributed by atoms with Crippen molar-refractivity contribution < 1.29 is 19.1 Å². The Hall–Kier alpha value is -2.64. The molecule has 5 nitrogen and oxygen atoms in total. The van der Waals surface area contributed by atoms with Gasteiger partial charge >= 0.3 is 5.97 Å². The maximum atomic E-state index is 12.9. The minimum Gasteiger partial charge on any atom is -0.489 e. The number of thiophene rings is 2. The smallest absolute Gasteiger partial charge is 0.341 e. The van der Waals surface area contributed by atoms with Crippen LogP contribution >= 0.6 is 22.7 Å². The summed E-state index contributed by atoms with van der Waals surface area (Å²) in [4.78, 5) is 27.1. The van der Waals surface area contributed by atoms with Crippen molar-refractivity contribution >= 4 is 39.6 Å². The van der Waals surface area contributed by atoms with Crippen LogP contribution < -0.4 is 10.1 Å². The van der Waals surface area contributed by atoms with Gasteiger partial charge in [0.1, 0.15) is 17.4 Å². The largest absolute Gasteiger partial charge is 0.489 e. The van der Waals surface area contributed by atoms with Gasteiger partial charge < -0.3 is 14.8 Å². The Kier molecular flexibility index (Phi) is 6.73. The fraction of sp³-hybridized carbons (Fsp3) is 0.333. The summed E-state index contributed by atoms with van der Waals surface area (Å²) in [7, 11) is 1.38. The van der Waals surface area contributed by atoms with E-state index in [1.165, 1.54) is 34.7 Å². The molecule has 1 N–H and O–H groups in total. The number of carbonyl (C=O) groups is 2. The van der Waals surface area contributed by atoms with E-state index in [2.05, 4.69) is 5.32 Å². The molecule has 0 unspecified atom stereocenters. The number of amides is 1. The van der Waals surface area contributed by atoms with Crippen LogP contribution in [0.5, 0.6) is 5.75 Å². The number of aryl methyl sites for hydroxylation is 2. The van der Waals surface area contributed by atoms with E-state index < -0.39 is 0 Å². The first-order valence-corrected chi connectivity index (χ1v) is 12.1. The van der Waals surface area contributed by atoms with Crippen molar-refractivity contribution in [3.05, 3.63) is 67.7 Å². The van der Waals surface area contributed by atoms with Crippen LogP contribution in [-0.4, -0.2) is 19.0 Å². The molecule has 0 bridgehead atoms. The van der Waals surface area contributed by atoms with E-state index in [1.54, 1.807) is 0 Å². The van der Waals surface area contributed by atoms with Gasteiger partial charge in [-0.3, -0.25) is 4.79 Å². The number of hydrogen-bond donors (Lipinski definition) is 1. The van der Waals surface area contributed by atoms with E-state index in [1.807, 2.05) is 42.6 Å². The maximum Gasteiger partial charge on any atom is 0.341 e. The molecule has 0 spiro atoms. The molecule has 31 heavy (non-hydrogen) atoms. The van der Waals surface area contributed by atoms with Crippen LogP contribution in [0.1, 0.15) is 60.9 Å². The highest BCUT2D eigenvalue weighted by molar-refractivity contribution is 7.17. The lowest BCUT2D eigenvalue weighted by molar-refractivity contribution is 0.0601. The zero-order chi connectivity index (χ0) is 21.8. The van der Waals surface area contributed by atoms with Gasteiger partial charge in [-0.25, -0.2) is 4.79 Å². The zero-order valence-electron chi connectivity index (χ0n) is 17.7. The molecule has 2 heterocycles. The van der Waals surface area contributed by atoms with Gasteiger partial charge in [0, 0.05) is 10.4 Å². The SMILES string of the molecule is COC(=O)c1c(NC(=O)c2cc(COc3cccc(C)c3)cs2)sc2c1CCCCC2. The molecule has 0 saturated carbocycles. The minimum atomic E-state index is -0.381. The summed E-state index contributed by atoms with van der Waals surface area (Å²) in [6, 6.07) is 9.72. The molecule has 1 aromatic carbocycles. The number of anilines is 1. The average molecular weight is 456 g/mol. The fourth-order valence-electron chi connectivity index (χ4n) is 3.76. The summed E-state index contributed by atoms with van der Waals surface area (Å²) in [5, 5.41) is 5.48. The van der Waals surface area contributed by atoms with Crippen molar-refractivity contribution in [2.45, 2.75) is 45.6 Å². The first-order chi connectivity index (χ1) is 15.0. The normalized spacial score (nSPS) is 13.2. The highest BCUT2D eigenvalue weighted by Gasteiger charge is 2.26. The third kappa shape index (κ3) is 4.99. The lowest BCUT2D eigenvalue weighted by atomic mass is 10.1. The van der Waals surface area contributed by atoms with E-state index in [0.29, 0.717) is 22.0 Å². The Morgan fingerprint density at radius 2 is 1.97 bits per heavy atom. The van der Waals surface area contributed by atoms with Crippen LogP contribution in [-0.2, 0) is 24.2 Å². The molecule has 1 amide bonds. The summed E-state index contributed by atoms with van der Waals surface area (Å²) in [6.07, 6.45) is 5.12. The van der Waals surface area contributed by atoms with Crippen molar-refractivity contribution in [1.82, 2.24) is 0 Å². The van der Waals surface area contributed by atoms with Gasteiger partial charge in [-0.2, -0.15) is 0 Å². The molecule has 3 aromatic rings. The first-order valence-electron chi connectivity index (χ1n) is 10.4. The van der Waals surface area contributed by atoms with Crippen LogP contribution in [0.2, 0.25) is 0 Å². The number of methoxy groups -OCH3 is 1. The zero-order valence-corrected chi connectivity index (χ0v) is 19.3. The molecule has 0 aliphatic heterocycles. The summed E-state index contributed by atoms with van der Waals surface area (Å²) >= 11 is 2.87. The second-order valence-corrected chi connectivity index (χ2v) is 9.66. The molecule has 7 heteroatoms. The van der Waals surface area contributed by atoms with Gasteiger partial charge in [-0.1, -0.05) is 18.6 Å². The van der Waals surface area contributed by atoms with Gasteiger partial charge in [0.15, 0.2) is 0 Å². The second-order valence-electron chi connectivity index (χ2n) is 7.64. The molecular weight excluding hydrogens is 430 g/mol. The number of rotatable bonds is 6. The molecule has 4 rings (SSSR count). The Balaban J connectivity index is 1.48. The number of fused-ring (bicyclic) bond motifs is 1. The average Bonchev–Trinajstić information content (AvgIpc) is 3.30. The predicted octanol–water partition coefficient (Wildman–Crippen LogP) is 6.00. The number of ether oxygens (including phenoxy) is 2.